The predicted molar refractivity (Wildman–Crippen MR) is 317 cm³/mol. The third-order valence-corrected chi connectivity index (χ3v) is 12.5. The Balaban J connectivity index is 0.000000947. The minimum absolute atomic E-state index is 0.00733. The number of benzene rings is 4. The number of carbonyl (C=O) groups is 5. The molecule has 2 heterocycles. The third kappa shape index (κ3) is 32.4. The van der Waals surface area contributed by atoms with Gasteiger partial charge in [0.05, 0.1) is 19.2 Å². The fourth-order valence-corrected chi connectivity index (χ4v) is 8.03. The van der Waals surface area contributed by atoms with Gasteiger partial charge in [-0.1, -0.05) is 202 Å². The van der Waals surface area contributed by atoms with Gasteiger partial charge in [-0.05, 0) is 95.3 Å². The minimum Gasteiger partial charge on any atom is -0.395 e. The topological polar surface area (TPSA) is 202 Å². The van der Waals surface area contributed by atoms with E-state index in [1.807, 2.05) is 84.6 Å². The van der Waals surface area contributed by atoms with Gasteiger partial charge in [0.2, 0.25) is 5.91 Å². The van der Waals surface area contributed by atoms with Crippen LogP contribution in [0.1, 0.15) is 200 Å². The van der Waals surface area contributed by atoms with Crippen LogP contribution in [0, 0.1) is 17.0 Å². The van der Waals surface area contributed by atoms with Crippen molar-refractivity contribution in [1.29, 1.82) is 0 Å². The van der Waals surface area contributed by atoms with Crippen LogP contribution in [0.2, 0.25) is 0 Å². The second kappa shape index (κ2) is 43.6. The van der Waals surface area contributed by atoms with Crippen LogP contribution >= 0.6 is 0 Å². The third-order valence-electron chi connectivity index (χ3n) is 12.5. The molecule has 1 saturated heterocycles. The van der Waals surface area contributed by atoms with E-state index in [-0.39, 0.29) is 36.0 Å². The van der Waals surface area contributed by atoms with Crippen molar-refractivity contribution in [3.8, 4) is 0 Å². The first-order chi connectivity index (χ1) is 37.6. The van der Waals surface area contributed by atoms with Crippen molar-refractivity contribution in [3.63, 3.8) is 0 Å². The van der Waals surface area contributed by atoms with E-state index in [2.05, 4.69) is 51.0 Å². The number of nitrogens with one attached hydrogen (secondary N) is 2. The van der Waals surface area contributed by atoms with Gasteiger partial charge in [-0.3, -0.25) is 29.3 Å². The maximum Gasteiger partial charge on any atom is 0.539 e. The number of nitro groups is 1. The number of aliphatic hydroxyl groups excluding tert-OH is 1. The van der Waals surface area contributed by atoms with Crippen molar-refractivity contribution in [1.82, 2.24) is 15.5 Å². The molecule has 0 aliphatic carbocycles. The van der Waals surface area contributed by atoms with E-state index in [9.17, 15) is 42.9 Å². The van der Waals surface area contributed by atoms with Crippen LogP contribution in [0.3, 0.4) is 0 Å². The molecule has 0 radical (unpaired) electrons. The summed E-state index contributed by atoms with van der Waals surface area (Å²) in [6.07, 6.45) is 20.3. The first-order valence-corrected chi connectivity index (χ1v) is 28.2. The molecule has 4 aromatic rings. The van der Waals surface area contributed by atoms with Gasteiger partial charge < -0.3 is 31.2 Å². The zero-order valence-corrected chi connectivity index (χ0v) is 49.1. The predicted octanol–water partition coefficient (Wildman–Crippen LogP) is 13.6. The van der Waals surface area contributed by atoms with Crippen molar-refractivity contribution < 1.29 is 42.8 Å². The Morgan fingerprint density at radius 1 is 0.785 bits per heavy atom. The zero-order chi connectivity index (χ0) is 59.6. The second-order valence-corrected chi connectivity index (χ2v) is 19.8. The van der Waals surface area contributed by atoms with E-state index < -0.39 is 22.6 Å². The summed E-state index contributed by atoms with van der Waals surface area (Å²) < 4.78 is 26.0. The second-order valence-electron chi connectivity index (χ2n) is 19.8. The van der Waals surface area contributed by atoms with Gasteiger partial charge in [0.25, 0.3) is 5.91 Å². The number of aryl methyl sites for hydroxylation is 2. The number of aliphatic hydroxyl groups is 1. The number of nitrogens with zero attached hydrogens (tertiary/aromatic N) is 2. The molecule has 6 rings (SSSR count). The smallest absolute Gasteiger partial charge is 0.395 e. The molecule has 4 aromatic carbocycles. The van der Waals surface area contributed by atoms with Crippen molar-refractivity contribution >= 4 is 29.2 Å². The van der Waals surface area contributed by atoms with E-state index >= 15 is 0 Å². The SMILES string of the molecule is C=C1NC(=O)CCC1N1Cc2c(CCC)cccc2C1=O.CC(=O)c1ccc(C)cc1.CCCCCCC.CCCCCCCCCC(C)=O.CNCC(C)=O.NC(CO)Cc1ccc(C(F)(F)[N+](=O)[O-])cc1.c1ccccc1. The number of carbonyl (C=O) groups excluding carboxylic acids is 5. The van der Waals surface area contributed by atoms with Crippen molar-refractivity contribution in [3.05, 3.63) is 164 Å². The van der Waals surface area contributed by atoms with Crippen molar-refractivity contribution in [2.45, 2.75) is 196 Å². The van der Waals surface area contributed by atoms with Gasteiger partial charge in [-0.15, -0.1) is 8.78 Å². The summed E-state index contributed by atoms with van der Waals surface area (Å²) in [5.74, 6) is 0.693. The lowest BCUT2D eigenvalue weighted by atomic mass is 10.00. The van der Waals surface area contributed by atoms with E-state index in [0.29, 0.717) is 49.4 Å². The molecule has 2 unspecified atom stereocenters. The highest BCUT2D eigenvalue weighted by Crippen LogP contribution is 2.32. The van der Waals surface area contributed by atoms with Gasteiger partial charge in [0.1, 0.15) is 22.1 Å². The van der Waals surface area contributed by atoms with Crippen LogP contribution in [-0.2, 0) is 39.8 Å². The van der Waals surface area contributed by atoms with E-state index in [4.69, 9.17) is 10.8 Å². The number of Topliss-reactive ketones (excluding diaryl/α,β-unsaturated/α-hetero) is 3. The largest absolute Gasteiger partial charge is 0.539 e. The maximum atomic E-state index is 13.0. The Morgan fingerprint density at radius 2 is 1.30 bits per heavy atom. The van der Waals surface area contributed by atoms with E-state index in [1.54, 1.807) is 27.8 Å². The molecule has 2 atom stereocenters. The number of amides is 2. The number of fused-ring (bicyclic) bond motifs is 1. The summed E-state index contributed by atoms with van der Waals surface area (Å²) in [7, 11) is 1.75. The van der Waals surface area contributed by atoms with Crippen molar-refractivity contribution in [2.75, 3.05) is 20.2 Å². The number of hydrogen-bond acceptors (Lipinski definition) is 10. The van der Waals surface area contributed by atoms with E-state index in [1.165, 1.54) is 93.9 Å². The number of ketones is 3. The number of unbranched alkanes of at least 4 members (excludes halogenated alkanes) is 10. The molecule has 0 aromatic heterocycles. The lowest BCUT2D eigenvalue weighted by Gasteiger charge is -2.32. The molecule has 2 aliphatic rings. The highest BCUT2D eigenvalue weighted by molar-refractivity contribution is 5.99. The Kier molecular flexibility index (Phi) is 40.1. The first kappa shape index (κ1) is 72.7. The lowest BCUT2D eigenvalue weighted by molar-refractivity contribution is -0.656. The van der Waals surface area contributed by atoms with Gasteiger partial charge in [-0.2, -0.15) is 0 Å². The van der Waals surface area contributed by atoms with Gasteiger partial charge in [0, 0.05) is 42.3 Å². The number of halogens is 2. The minimum atomic E-state index is -4.09. The van der Waals surface area contributed by atoms with Crippen LogP contribution in [-0.4, -0.2) is 76.4 Å². The Bertz CT molecular complexity index is 2320. The quantitative estimate of drug-likeness (QED) is 0.0182. The van der Waals surface area contributed by atoms with E-state index in [0.717, 1.165) is 54.5 Å². The summed E-state index contributed by atoms with van der Waals surface area (Å²) in [4.78, 5) is 65.7. The van der Waals surface area contributed by atoms with Crippen LogP contribution < -0.4 is 16.4 Å². The molecular formula is C64H95F2N5O8. The number of nitrogens with two attached hydrogens (primary N) is 1. The highest BCUT2D eigenvalue weighted by atomic mass is 19.3. The molecule has 5 N–H and O–H groups in total. The van der Waals surface area contributed by atoms with Crippen LogP contribution in [0.5, 0.6) is 0 Å². The average Bonchev–Trinajstić information content (AvgIpc) is 3.80. The molecule has 15 heteroatoms. The molecule has 13 nitrogen and oxygen atoms in total. The number of hydrogen-bond donors (Lipinski definition) is 4. The Hall–Kier alpha value is -6.29. The monoisotopic (exact) mass is 1100 g/mol. The summed E-state index contributed by atoms with van der Waals surface area (Å²) in [5, 5.41) is 24.3. The average molecular weight is 1100 g/mol. The van der Waals surface area contributed by atoms with Crippen LogP contribution in [0.15, 0.2) is 115 Å². The summed E-state index contributed by atoms with van der Waals surface area (Å²) in [6.45, 7) is 20.5. The molecule has 79 heavy (non-hydrogen) atoms. The lowest BCUT2D eigenvalue weighted by Crippen LogP contribution is -2.45. The van der Waals surface area contributed by atoms with Crippen LogP contribution in [0.4, 0.5) is 8.78 Å². The van der Waals surface area contributed by atoms with Crippen molar-refractivity contribution in [2.24, 2.45) is 5.73 Å². The normalized spacial score (nSPS) is 13.4. The first-order valence-electron chi connectivity index (χ1n) is 28.2. The Morgan fingerprint density at radius 3 is 1.73 bits per heavy atom. The summed E-state index contributed by atoms with van der Waals surface area (Å²) in [6, 6.07) is 25.5. The summed E-state index contributed by atoms with van der Waals surface area (Å²) >= 11 is 0. The molecule has 2 aliphatic heterocycles. The number of rotatable bonds is 23. The Labute approximate surface area is 471 Å². The van der Waals surface area contributed by atoms with Gasteiger partial charge in [-0.25, -0.2) is 0 Å². The standard InChI is InChI=1S/C17H20N2O2.C11H22O.C10H12F2N2O3.C9H10O.C7H16.C6H6.C4H9NO/c1-3-5-12-6-4-7-13-14(12)10-19(17(13)21)15-8-9-16(20)18-11(15)2;1-3-4-5-6-7-8-9-10-11(2)12;11-10(12,14(16)17)8-3-1-7(2-4-8)5-9(13)6-15;1-7-3-5-9(6-4-7)8(2)10;1-3-5-7-6-4-2;1-2-4-6-5-3-1;1-4(6)3-5-2/h4,6-7,15H,2-3,5,8-10H2,1H3,(H,18,20);3-10H2,1-2H3;1-4,9,15H,5-6,13H2;3-6H,1-2H3;3-7H2,1-2H3;1-6H;5H,3H2,1-2H3. The number of likely N-dealkylation sites (N-methyl/N-ethyl adjacent to an activating group) is 1. The number of alkyl halides is 2. The molecule has 2 amide bonds. The van der Waals surface area contributed by atoms with Gasteiger partial charge in [0.15, 0.2) is 5.78 Å². The highest BCUT2D eigenvalue weighted by Gasteiger charge is 2.46. The molecule has 0 bridgehead atoms. The fourth-order valence-electron chi connectivity index (χ4n) is 8.03. The fraction of sp³-hybridized carbons (Fsp3) is 0.516. The molecule has 1 fully saturated rings. The molecule has 0 spiro atoms. The molecule has 0 saturated carbocycles. The zero-order valence-electron chi connectivity index (χ0n) is 49.1. The summed E-state index contributed by atoms with van der Waals surface area (Å²) in [5.41, 5.74) is 11.3. The maximum absolute atomic E-state index is 13.0. The molecule has 438 valence electrons. The van der Waals surface area contributed by atoms with Gasteiger partial charge >= 0.3 is 6.05 Å². The number of piperidine rings is 1. The molecular weight excluding hydrogens is 1000 g/mol. The van der Waals surface area contributed by atoms with Crippen LogP contribution in [0.25, 0.3) is 0 Å².